The van der Waals surface area contributed by atoms with E-state index >= 15 is 0 Å². The Bertz CT molecular complexity index is 624. The molecule has 0 unspecified atom stereocenters. The molecule has 0 aliphatic rings. The topological polar surface area (TPSA) is 58.5 Å². The molecule has 0 amide bonds. The number of guanidine groups is 1. The van der Waals surface area contributed by atoms with Crippen molar-refractivity contribution in [2.75, 3.05) is 14.2 Å². The Kier molecular flexibility index (Phi) is 6.36. The van der Waals surface area contributed by atoms with Gasteiger partial charge >= 0.3 is 0 Å². The Hall–Kier alpha value is -1.92. The van der Waals surface area contributed by atoms with E-state index in [0.29, 0.717) is 19.7 Å². The molecular weight excluding hydrogens is 296 g/mol. The zero-order valence-electron chi connectivity index (χ0n) is 13.2. The molecule has 0 saturated heterocycles. The Balaban J connectivity index is 1.88. The Morgan fingerprint density at radius 2 is 1.95 bits per heavy atom. The van der Waals surface area contributed by atoms with Gasteiger partial charge in [0, 0.05) is 31.8 Å². The molecule has 2 aromatic rings. The number of hydrogen-bond donors (Lipinski definition) is 2. The Morgan fingerprint density at radius 3 is 2.59 bits per heavy atom. The maximum Gasteiger partial charge on any atom is 0.191 e. The van der Waals surface area contributed by atoms with Gasteiger partial charge in [0.25, 0.3) is 0 Å². The number of ether oxygens (including phenoxy) is 1. The van der Waals surface area contributed by atoms with Crippen molar-refractivity contribution < 1.29 is 4.74 Å². The van der Waals surface area contributed by atoms with Gasteiger partial charge in [-0.1, -0.05) is 24.3 Å². The predicted octanol–water partition coefficient (Wildman–Crippen LogP) is 2.46. The van der Waals surface area contributed by atoms with Gasteiger partial charge in [-0.3, -0.25) is 4.99 Å². The molecule has 22 heavy (non-hydrogen) atoms. The summed E-state index contributed by atoms with van der Waals surface area (Å²) in [6, 6.07) is 8.23. The van der Waals surface area contributed by atoms with E-state index in [0.717, 1.165) is 11.0 Å². The highest BCUT2D eigenvalue weighted by Crippen LogP contribution is 2.11. The maximum atomic E-state index is 5.23. The number of aryl methyl sites for hydroxylation is 1. The van der Waals surface area contributed by atoms with Gasteiger partial charge in [-0.2, -0.15) is 0 Å². The lowest BCUT2D eigenvalue weighted by atomic mass is 10.1. The summed E-state index contributed by atoms with van der Waals surface area (Å²) >= 11 is 1.69. The van der Waals surface area contributed by atoms with Crippen LogP contribution in [-0.4, -0.2) is 25.1 Å². The first kappa shape index (κ1) is 16.5. The van der Waals surface area contributed by atoms with Gasteiger partial charge in [-0.15, -0.1) is 11.3 Å². The molecule has 1 aromatic carbocycles. The number of benzene rings is 1. The van der Waals surface area contributed by atoms with E-state index in [1.54, 1.807) is 25.5 Å². The number of rotatable bonds is 6. The van der Waals surface area contributed by atoms with Gasteiger partial charge in [0.1, 0.15) is 5.01 Å². The molecule has 2 rings (SSSR count). The van der Waals surface area contributed by atoms with Crippen LogP contribution >= 0.6 is 11.3 Å². The van der Waals surface area contributed by atoms with Gasteiger partial charge in [0.05, 0.1) is 13.2 Å². The molecule has 0 radical (unpaired) electrons. The minimum Gasteiger partial charge on any atom is -0.380 e. The normalized spacial score (nSPS) is 11.5. The van der Waals surface area contributed by atoms with Crippen LogP contribution in [0.25, 0.3) is 0 Å². The highest BCUT2D eigenvalue weighted by Gasteiger charge is 2.04. The Morgan fingerprint density at radius 1 is 1.23 bits per heavy atom. The van der Waals surface area contributed by atoms with E-state index in [-0.39, 0.29) is 0 Å². The third-order valence-electron chi connectivity index (χ3n) is 3.16. The van der Waals surface area contributed by atoms with Crippen LogP contribution in [0.3, 0.4) is 0 Å². The van der Waals surface area contributed by atoms with Crippen LogP contribution in [0.1, 0.15) is 21.0 Å². The maximum absolute atomic E-state index is 5.23. The monoisotopic (exact) mass is 318 g/mol. The molecule has 5 nitrogen and oxygen atoms in total. The van der Waals surface area contributed by atoms with Crippen molar-refractivity contribution in [1.29, 1.82) is 0 Å². The lowest BCUT2D eigenvalue weighted by Crippen LogP contribution is -2.36. The lowest BCUT2D eigenvalue weighted by Gasteiger charge is -2.13. The number of thiazole rings is 1. The SMILES string of the molecule is CN=C(NCc1ncc(C)s1)NCc1ccccc1COC. The van der Waals surface area contributed by atoms with Crippen LogP contribution in [0.4, 0.5) is 0 Å². The largest absolute Gasteiger partial charge is 0.380 e. The summed E-state index contributed by atoms with van der Waals surface area (Å²) in [5, 5.41) is 7.65. The average Bonchev–Trinajstić information content (AvgIpc) is 2.95. The van der Waals surface area contributed by atoms with E-state index < -0.39 is 0 Å². The number of nitrogens with zero attached hydrogens (tertiary/aromatic N) is 2. The third kappa shape index (κ3) is 4.82. The zero-order chi connectivity index (χ0) is 15.8. The second kappa shape index (κ2) is 8.51. The lowest BCUT2D eigenvalue weighted by molar-refractivity contribution is 0.184. The molecule has 0 saturated carbocycles. The summed E-state index contributed by atoms with van der Waals surface area (Å²) in [6.07, 6.45) is 1.89. The van der Waals surface area contributed by atoms with Crippen LogP contribution in [0.5, 0.6) is 0 Å². The first-order chi connectivity index (χ1) is 10.7. The fourth-order valence-electron chi connectivity index (χ4n) is 2.07. The zero-order valence-corrected chi connectivity index (χ0v) is 14.0. The van der Waals surface area contributed by atoms with Crippen molar-refractivity contribution in [2.24, 2.45) is 4.99 Å². The minimum atomic E-state index is 0.613. The second-order valence-corrected chi connectivity index (χ2v) is 6.17. The van der Waals surface area contributed by atoms with Crippen LogP contribution in [0, 0.1) is 6.92 Å². The van der Waals surface area contributed by atoms with Gasteiger partial charge in [-0.25, -0.2) is 4.98 Å². The van der Waals surface area contributed by atoms with Crippen molar-refractivity contribution in [3.63, 3.8) is 0 Å². The molecule has 0 aliphatic carbocycles. The van der Waals surface area contributed by atoms with E-state index in [4.69, 9.17) is 4.74 Å². The number of methoxy groups -OCH3 is 1. The first-order valence-electron chi connectivity index (χ1n) is 7.14. The summed E-state index contributed by atoms with van der Waals surface area (Å²) in [5.41, 5.74) is 2.39. The van der Waals surface area contributed by atoms with Gasteiger partial charge < -0.3 is 15.4 Å². The van der Waals surface area contributed by atoms with E-state index in [1.165, 1.54) is 16.0 Å². The van der Waals surface area contributed by atoms with Crippen molar-refractivity contribution in [3.8, 4) is 0 Å². The van der Waals surface area contributed by atoms with Gasteiger partial charge in [0.2, 0.25) is 0 Å². The van der Waals surface area contributed by atoms with Crippen LogP contribution in [-0.2, 0) is 24.4 Å². The number of aliphatic imine (C=N–C) groups is 1. The van der Waals surface area contributed by atoms with E-state index in [1.807, 2.05) is 18.3 Å². The quantitative estimate of drug-likeness (QED) is 0.634. The van der Waals surface area contributed by atoms with Gasteiger partial charge in [-0.05, 0) is 18.1 Å². The fourth-order valence-corrected chi connectivity index (χ4v) is 2.80. The Labute approximate surface area is 135 Å². The highest BCUT2D eigenvalue weighted by atomic mass is 32.1. The summed E-state index contributed by atoms with van der Waals surface area (Å²) in [5.74, 6) is 0.764. The molecule has 6 heteroatoms. The number of hydrogen-bond acceptors (Lipinski definition) is 4. The number of aromatic nitrogens is 1. The van der Waals surface area contributed by atoms with Gasteiger partial charge in [0.15, 0.2) is 5.96 Å². The molecule has 0 fully saturated rings. The van der Waals surface area contributed by atoms with E-state index in [9.17, 15) is 0 Å². The average molecular weight is 318 g/mol. The summed E-state index contributed by atoms with van der Waals surface area (Å²) < 4.78 is 5.23. The summed E-state index contributed by atoms with van der Waals surface area (Å²) in [6.45, 7) is 4.05. The molecule has 2 N–H and O–H groups in total. The second-order valence-electron chi connectivity index (χ2n) is 4.85. The summed E-state index contributed by atoms with van der Waals surface area (Å²) in [7, 11) is 3.48. The van der Waals surface area contributed by atoms with Crippen LogP contribution < -0.4 is 10.6 Å². The number of nitrogens with one attached hydrogen (secondary N) is 2. The predicted molar refractivity (Wildman–Crippen MR) is 91.0 cm³/mol. The minimum absolute atomic E-state index is 0.613. The van der Waals surface area contributed by atoms with Crippen LogP contribution in [0.2, 0.25) is 0 Å². The first-order valence-corrected chi connectivity index (χ1v) is 7.96. The molecule has 1 heterocycles. The molecular formula is C16H22N4OS. The van der Waals surface area contributed by atoms with Crippen molar-refractivity contribution in [2.45, 2.75) is 26.6 Å². The fraction of sp³-hybridized carbons (Fsp3) is 0.375. The smallest absolute Gasteiger partial charge is 0.191 e. The molecule has 0 aliphatic heterocycles. The van der Waals surface area contributed by atoms with E-state index in [2.05, 4.69) is 39.7 Å². The molecule has 0 spiro atoms. The molecule has 0 bridgehead atoms. The van der Waals surface area contributed by atoms with Crippen molar-refractivity contribution >= 4 is 17.3 Å². The van der Waals surface area contributed by atoms with Crippen LogP contribution in [0.15, 0.2) is 35.5 Å². The standard InChI is InChI=1S/C16H22N4OS/c1-12-8-18-15(22-12)10-20-16(17-2)19-9-13-6-4-5-7-14(13)11-21-3/h4-8H,9-11H2,1-3H3,(H2,17,19,20). The summed E-state index contributed by atoms with van der Waals surface area (Å²) in [4.78, 5) is 9.79. The van der Waals surface area contributed by atoms with Crippen molar-refractivity contribution in [1.82, 2.24) is 15.6 Å². The van der Waals surface area contributed by atoms with Crippen molar-refractivity contribution in [3.05, 3.63) is 51.5 Å². The highest BCUT2D eigenvalue weighted by molar-refractivity contribution is 7.11. The third-order valence-corrected chi connectivity index (χ3v) is 4.08. The molecule has 118 valence electrons. The molecule has 1 aromatic heterocycles. The molecule has 0 atom stereocenters.